The van der Waals surface area contributed by atoms with Gasteiger partial charge in [-0.05, 0) is 37.2 Å². The van der Waals surface area contributed by atoms with E-state index in [9.17, 15) is 13.6 Å². The van der Waals surface area contributed by atoms with E-state index in [0.29, 0.717) is 17.2 Å². The molecule has 0 atom stereocenters. The Hall–Kier alpha value is -2.09. The minimum atomic E-state index is -1.14. The summed E-state index contributed by atoms with van der Waals surface area (Å²) < 4.78 is 29.1. The lowest BCUT2D eigenvalue weighted by Gasteiger charge is -2.07. The highest BCUT2D eigenvalue weighted by Crippen LogP contribution is 2.35. The lowest BCUT2D eigenvalue weighted by Crippen LogP contribution is -2.27. The largest absolute Gasteiger partial charge is 0.351 e. The van der Waals surface area contributed by atoms with Crippen LogP contribution in [0.2, 0.25) is 0 Å². The highest BCUT2D eigenvalue weighted by atomic mass is 32.1. The topological polar surface area (TPSA) is 62.7 Å². The molecule has 1 aromatic carbocycles. The minimum absolute atomic E-state index is 0.265. The average molecular weight is 324 g/mol. The van der Waals surface area contributed by atoms with E-state index in [1.165, 1.54) is 12.1 Å². The van der Waals surface area contributed by atoms with Gasteiger partial charge in [-0.15, -0.1) is 0 Å². The molecule has 1 saturated carbocycles. The summed E-state index contributed by atoms with van der Waals surface area (Å²) in [5.41, 5.74) is -0.305. The van der Waals surface area contributed by atoms with E-state index in [0.717, 1.165) is 24.7 Å². The van der Waals surface area contributed by atoms with Gasteiger partial charge in [-0.3, -0.25) is 9.89 Å². The Morgan fingerprint density at radius 1 is 1.45 bits per heavy atom. The molecule has 1 fully saturated rings. The molecule has 116 valence electrons. The van der Waals surface area contributed by atoms with Gasteiger partial charge in [-0.25, -0.2) is 8.78 Å². The summed E-state index contributed by atoms with van der Waals surface area (Å²) in [6.07, 6.45) is 2.61. The molecule has 0 aliphatic heterocycles. The second-order valence-corrected chi connectivity index (χ2v) is 5.54. The number of H-pyrrole nitrogens is 1. The van der Waals surface area contributed by atoms with Crippen LogP contribution in [-0.4, -0.2) is 27.2 Å². The molecule has 1 amide bonds. The second kappa shape index (κ2) is 5.96. The third kappa shape index (κ3) is 2.92. The van der Waals surface area contributed by atoms with Crippen LogP contribution in [0.25, 0.3) is 0 Å². The summed E-state index contributed by atoms with van der Waals surface area (Å²) in [6, 6.07) is 3.90. The van der Waals surface area contributed by atoms with Gasteiger partial charge in [0.25, 0.3) is 5.91 Å². The number of benzene rings is 1. The lowest BCUT2D eigenvalue weighted by atomic mass is 10.2. The first-order chi connectivity index (χ1) is 10.6. The quantitative estimate of drug-likeness (QED) is 0.831. The van der Waals surface area contributed by atoms with E-state index in [2.05, 4.69) is 15.5 Å². The first-order valence-electron chi connectivity index (χ1n) is 6.96. The Morgan fingerprint density at radius 2 is 2.23 bits per heavy atom. The van der Waals surface area contributed by atoms with E-state index in [1.807, 2.05) is 4.57 Å². The number of rotatable bonds is 5. The van der Waals surface area contributed by atoms with Gasteiger partial charge >= 0.3 is 0 Å². The molecule has 8 heteroatoms. The monoisotopic (exact) mass is 324 g/mol. The first-order valence-corrected chi connectivity index (χ1v) is 7.36. The highest BCUT2D eigenvalue weighted by Gasteiger charge is 2.27. The molecular weight excluding hydrogens is 310 g/mol. The van der Waals surface area contributed by atoms with Crippen LogP contribution < -0.4 is 5.32 Å². The molecule has 22 heavy (non-hydrogen) atoms. The SMILES string of the molecule is O=C(NCCc1n[nH]c(=S)n1C1CC1)c1cccc(F)c1F. The van der Waals surface area contributed by atoms with Gasteiger partial charge in [0, 0.05) is 19.0 Å². The zero-order valence-electron chi connectivity index (χ0n) is 11.6. The van der Waals surface area contributed by atoms with E-state index >= 15 is 0 Å². The Bertz CT molecular complexity index is 766. The van der Waals surface area contributed by atoms with Gasteiger partial charge in [-0.1, -0.05) is 6.07 Å². The average Bonchev–Trinajstić information content (AvgIpc) is 3.26. The van der Waals surface area contributed by atoms with Crippen LogP contribution in [0.5, 0.6) is 0 Å². The Morgan fingerprint density at radius 3 is 2.95 bits per heavy atom. The number of amides is 1. The van der Waals surface area contributed by atoms with Crippen molar-refractivity contribution in [1.82, 2.24) is 20.1 Å². The van der Waals surface area contributed by atoms with Crippen LogP contribution in [0.1, 0.15) is 35.1 Å². The van der Waals surface area contributed by atoms with Crippen molar-refractivity contribution in [3.05, 3.63) is 46.0 Å². The smallest absolute Gasteiger partial charge is 0.254 e. The first kappa shape index (κ1) is 14.8. The van der Waals surface area contributed by atoms with Crippen LogP contribution in [0, 0.1) is 16.4 Å². The van der Waals surface area contributed by atoms with Crippen LogP contribution in [0.4, 0.5) is 8.78 Å². The van der Waals surface area contributed by atoms with E-state index < -0.39 is 17.5 Å². The number of hydrogen-bond donors (Lipinski definition) is 2. The zero-order valence-corrected chi connectivity index (χ0v) is 12.4. The van der Waals surface area contributed by atoms with Crippen molar-refractivity contribution >= 4 is 18.1 Å². The standard InChI is InChI=1S/C14H14F2N4OS/c15-10-3-1-2-9(12(10)16)13(21)17-7-6-11-18-19-14(22)20(11)8-4-5-8/h1-3,8H,4-7H2,(H,17,21)(H,19,22). The van der Waals surface area contributed by atoms with Gasteiger partial charge in [0.05, 0.1) is 5.56 Å². The van der Waals surface area contributed by atoms with Crippen LogP contribution in [0.3, 0.4) is 0 Å². The molecule has 0 unspecified atom stereocenters. The maximum absolute atomic E-state index is 13.5. The normalized spacial score (nSPS) is 14.1. The van der Waals surface area contributed by atoms with Crippen LogP contribution in [0.15, 0.2) is 18.2 Å². The van der Waals surface area contributed by atoms with Gasteiger partial charge in [0.1, 0.15) is 5.82 Å². The molecule has 0 bridgehead atoms. The molecule has 1 aliphatic rings. The number of carbonyl (C=O) groups is 1. The third-order valence-electron chi connectivity index (χ3n) is 3.52. The molecule has 0 radical (unpaired) electrons. The Kier molecular flexibility index (Phi) is 4.02. The van der Waals surface area contributed by atoms with Crippen molar-refractivity contribution in [3.8, 4) is 0 Å². The van der Waals surface area contributed by atoms with Gasteiger partial charge in [-0.2, -0.15) is 5.10 Å². The van der Waals surface area contributed by atoms with E-state index in [4.69, 9.17) is 12.2 Å². The molecule has 1 heterocycles. The van der Waals surface area contributed by atoms with E-state index in [1.54, 1.807) is 0 Å². The summed E-state index contributed by atoms with van der Waals surface area (Å²) in [6.45, 7) is 0.265. The summed E-state index contributed by atoms with van der Waals surface area (Å²) in [7, 11) is 0. The molecule has 0 saturated heterocycles. The fourth-order valence-corrected chi connectivity index (χ4v) is 2.59. The van der Waals surface area contributed by atoms with Gasteiger partial charge in [0.2, 0.25) is 0 Å². The number of nitrogens with zero attached hydrogens (tertiary/aromatic N) is 2. The molecule has 1 aliphatic carbocycles. The number of carbonyl (C=O) groups excluding carboxylic acids is 1. The summed E-state index contributed by atoms with van der Waals surface area (Å²) in [5.74, 6) is -2.07. The maximum atomic E-state index is 13.5. The minimum Gasteiger partial charge on any atom is -0.351 e. The summed E-state index contributed by atoms with van der Waals surface area (Å²) in [5, 5.41) is 9.44. The highest BCUT2D eigenvalue weighted by molar-refractivity contribution is 7.71. The Balaban J connectivity index is 1.63. The Labute approximate surface area is 130 Å². The molecule has 3 rings (SSSR count). The fourth-order valence-electron chi connectivity index (χ4n) is 2.29. The number of aromatic amines is 1. The molecule has 2 aromatic rings. The van der Waals surface area contributed by atoms with E-state index in [-0.39, 0.29) is 12.1 Å². The van der Waals surface area contributed by atoms with Crippen molar-refractivity contribution in [2.24, 2.45) is 0 Å². The number of nitrogens with one attached hydrogen (secondary N) is 2. The van der Waals surface area contributed by atoms with Crippen molar-refractivity contribution in [1.29, 1.82) is 0 Å². The van der Waals surface area contributed by atoms with Crippen molar-refractivity contribution in [2.45, 2.75) is 25.3 Å². The van der Waals surface area contributed by atoms with Crippen molar-refractivity contribution in [2.75, 3.05) is 6.54 Å². The van der Waals surface area contributed by atoms with Crippen LogP contribution in [-0.2, 0) is 6.42 Å². The predicted octanol–water partition coefficient (Wildman–Crippen LogP) is 2.53. The maximum Gasteiger partial charge on any atom is 0.254 e. The van der Waals surface area contributed by atoms with Crippen LogP contribution >= 0.6 is 12.2 Å². The number of aromatic nitrogens is 3. The predicted molar refractivity (Wildman–Crippen MR) is 78.1 cm³/mol. The number of halogens is 2. The lowest BCUT2D eigenvalue weighted by molar-refractivity contribution is 0.0949. The third-order valence-corrected chi connectivity index (χ3v) is 3.81. The van der Waals surface area contributed by atoms with Gasteiger partial charge in [0.15, 0.2) is 16.4 Å². The molecule has 1 aromatic heterocycles. The van der Waals surface area contributed by atoms with Crippen molar-refractivity contribution in [3.63, 3.8) is 0 Å². The fraction of sp³-hybridized carbons (Fsp3) is 0.357. The molecule has 0 spiro atoms. The summed E-state index contributed by atoms with van der Waals surface area (Å²) >= 11 is 5.17. The number of hydrogen-bond acceptors (Lipinski definition) is 3. The zero-order chi connectivity index (χ0) is 15.7. The van der Waals surface area contributed by atoms with Gasteiger partial charge < -0.3 is 9.88 Å². The molecular formula is C14H14F2N4OS. The summed E-state index contributed by atoms with van der Waals surface area (Å²) in [4.78, 5) is 11.9. The second-order valence-electron chi connectivity index (χ2n) is 5.15. The molecule has 2 N–H and O–H groups in total. The van der Waals surface area contributed by atoms with Crippen molar-refractivity contribution < 1.29 is 13.6 Å². The molecule has 5 nitrogen and oxygen atoms in total.